The molecule has 0 unspecified atom stereocenters. The van der Waals surface area contributed by atoms with Gasteiger partial charge in [-0.3, -0.25) is 9.78 Å². The van der Waals surface area contributed by atoms with E-state index in [1.165, 1.54) is 5.56 Å². The fourth-order valence-electron chi connectivity index (χ4n) is 2.60. The number of nitrogens with one attached hydrogen (secondary N) is 2. The minimum Gasteiger partial charge on any atom is -0.354 e. The van der Waals surface area contributed by atoms with Crippen LogP contribution in [0.2, 0.25) is 0 Å². The molecule has 1 aromatic carbocycles. The molecule has 0 aliphatic carbocycles. The molecule has 0 bridgehead atoms. The van der Waals surface area contributed by atoms with E-state index in [2.05, 4.69) is 40.4 Å². The number of hydrogen-bond donors (Lipinski definition) is 2. The first-order chi connectivity index (χ1) is 12.0. The van der Waals surface area contributed by atoms with Gasteiger partial charge in [-0.15, -0.1) is 0 Å². The lowest BCUT2D eigenvalue weighted by Gasteiger charge is -2.15. The smallest absolute Gasteiger partial charge is 0.252 e. The number of nitrogens with zero attached hydrogens (tertiary/aromatic N) is 2. The van der Waals surface area contributed by atoms with Crippen molar-refractivity contribution in [3.8, 4) is 0 Å². The first-order valence-electron chi connectivity index (χ1n) is 8.71. The van der Waals surface area contributed by atoms with Crippen LogP contribution in [0, 0.1) is 0 Å². The molecule has 1 amide bonds. The predicted octanol–water partition coefficient (Wildman–Crippen LogP) is 3.63. The van der Waals surface area contributed by atoms with Gasteiger partial charge in [0.15, 0.2) is 0 Å². The summed E-state index contributed by atoms with van der Waals surface area (Å²) in [5.74, 6) is 0.326. The summed E-state index contributed by atoms with van der Waals surface area (Å²) in [6, 6.07) is 10.0. The average Bonchev–Trinajstić information content (AvgIpc) is 2.59. The Morgan fingerprint density at radius 3 is 2.68 bits per heavy atom. The van der Waals surface area contributed by atoms with E-state index in [9.17, 15) is 4.79 Å². The van der Waals surface area contributed by atoms with Crippen LogP contribution in [0.4, 0.5) is 11.4 Å². The van der Waals surface area contributed by atoms with Crippen LogP contribution in [0.5, 0.6) is 0 Å². The molecule has 0 fully saturated rings. The Hall–Kier alpha value is -2.40. The number of hydrogen-bond acceptors (Lipinski definition) is 4. The van der Waals surface area contributed by atoms with E-state index in [0.717, 1.165) is 24.3 Å². The second kappa shape index (κ2) is 9.18. The minimum absolute atomic E-state index is 0.0907. The number of amides is 1. The first kappa shape index (κ1) is 18.9. The molecule has 0 aliphatic rings. The highest BCUT2D eigenvalue weighted by Crippen LogP contribution is 2.26. The third-order valence-electron chi connectivity index (χ3n) is 3.93. The van der Waals surface area contributed by atoms with Crippen molar-refractivity contribution in [1.29, 1.82) is 0 Å². The summed E-state index contributed by atoms with van der Waals surface area (Å²) in [7, 11) is 4.05. The van der Waals surface area contributed by atoms with Gasteiger partial charge in [-0.25, -0.2) is 0 Å². The molecule has 5 heteroatoms. The molecule has 134 valence electrons. The van der Waals surface area contributed by atoms with Crippen LogP contribution in [0.1, 0.15) is 42.1 Å². The van der Waals surface area contributed by atoms with Crippen molar-refractivity contribution < 1.29 is 4.79 Å². The van der Waals surface area contributed by atoms with Gasteiger partial charge in [-0.1, -0.05) is 32.0 Å². The Morgan fingerprint density at radius 1 is 1.20 bits per heavy atom. The maximum atomic E-state index is 12.3. The highest BCUT2D eigenvalue weighted by Gasteiger charge is 2.09. The molecule has 2 aromatic rings. The van der Waals surface area contributed by atoms with Crippen LogP contribution < -0.4 is 10.6 Å². The Bertz CT molecular complexity index is 698. The van der Waals surface area contributed by atoms with E-state index >= 15 is 0 Å². The van der Waals surface area contributed by atoms with Crippen molar-refractivity contribution in [2.24, 2.45) is 0 Å². The SMILES string of the molecule is CC(C)c1ccccc1Nc1cncc(C(=O)NCCCN(C)C)c1. The summed E-state index contributed by atoms with van der Waals surface area (Å²) in [6.45, 7) is 5.93. The Balaban J connectivity index is 2.03. The molecular formula is C20H28N4O. The fourth-order valence-corrected chi connectivity index (χ4v) is 2.60. The molecule has 2 N–H and O–H groups in total. The highest BCUT2D eigenvalue weighted by molar-refractivity contribution is 5.94. The van der Waals surface area contributed by atoms with Gasteiger partial charge in [0.2, 0.25) is 0 Å². The van der Waals surface area contributed by atoms with E-state index in [1.54, 1.807) is 12.4 Å². The third kappa shape index (κ3) is 5.87. The summed E-state index contributed by atoms with van der Waals surface area (Å²) in [6.07, 6.45) is 4.26. The summed E-state index contributed by atoms with van der Waals surface area (Å²) in [4.78, 5) is 18.6. The van der Waals surface area contributed by atoms with Gasteiger partial charge in [0.1, 0.15) is 0 Å². The lowest BCUT2D eigenvalue weighted by Crippen LogP contribution is -2.27. The van der Waals surface area contributed by atoms with E-state index in [0.29, 0.717) is 18.0 Å². The molecule has 0 aliphatic heterocycles. The maximum Gasteiger partial charge on any atom is 0.252 e. The second-order valence-corrected chi connectivity index (χ2v) is 6.74. The van der Waals surface area contributed by atoms with Gasteiger partial charge in [0.05, 0.1) is 17.4 Å². The number of para-hydroxylation sites is 1. The Labute approximate surface area is 150 Å². The molecule has 1 heterocycles. The first-order valence-corrected chi connectivity index (χ1v) is 8.71. The van der Waals surface area contributed by atoms with E-state index in [4.69, 9.17) is 0 Å². The summed E-state index contributed by atoms with van der Waals surface area (Å²) in [5, 5.41) is 6.32. The van der Waals surface area contributed by atoms with Crippen molar-refractivity contribution in [3.05, 3.63) is 53.9 Å². The summed E-state index contributed by atoms with van der Waals surface area (Å²) < 4.78 is 0. The van der Waals surface area contributed by atoms with E-state index < -0.39 is 0 Å². The van der Waals surface area contributed by atoms with Gasteiger partial charge >= 0.3 is 0 Å². The molecule has 0 atom stereocenters. The number of anilines is 2. The number of benzene rings is 1. The average molecular weight is 340 g/mol. The van der Waals surface area contributed by atoms with Crippen molar-refractivity contribution in [1.82, 2.24) is 15.2 Å². The standard InChI is InChI=1S/C20H28N4O/c1-15(2)18-8-5-6-9-19(18)23-17-12-16(13-21-14-17)20(25)22-10-7-11-24(3)4/h5-6,8-9,12-15,23H,7,10-11H2,1-4H3,(H,22,25). The van der Waals surface area contributed by atoms with Crippen molar-refractivity contribution >= 4 is 17.3 Å². The number of pyridine rings is 1. The molecule has 0 saturated heterocycles. The fraction of sp³-hybridized carbons (Fsp3) is 0.400. The van der Waals surface area contributed by atoms with Gasteiger partial charge in [0, 0.05) is 18.4 Å². The summed E-state index contributed by atoms with van der Waals surface area (Å²) >= 11 is 0. The molecule has 1 aromatic heterocycles. The molecule has 2 rings (SSSR count). The van der Waals surface area contributed by atoms with Crippen LogP contribution in [-0.2, 0) is 0 Å². The summed E-state index contributed by atoms with van der Waals surface area (Å²) in [5.41, 5.74) is 3.66. The van der Waals surface area contributed by atoms with Crippen LogP contribution in [0.25, 0.3) is 0 Å². The lowest BCUT2D eigenvalue weighted by atomic mass is 10.0. The van der Waals surface area contributed by atoms with Crippen molar-refractivity contribution in [3.63, 3.8) is 0 Å². The zero-order valence-corrected chi connectivity index (χ0v) is 15.5. The van der Waals surface area contributed by atoms with Gasteiger partial charge in [-0.05, 0) is 50.7 Å². The zero-order chi connectivity index (χ0) is 18.2. The number of carbonyl (C=O) groups excluding carboxylic acids is 1. The topological polar surface area (TPSA) is 57.3 Å². The van der Waals surface area contributed by atoms with Crippen LogP contribution >= 0.6 is 0 Å². The van der Waals surface area contributed by atoms with E-state index in [1.807, 2.05) is 38.4 Å². The predicted molar refractivity (Wildman–Crippen MR) is 104 cm³/mol. The van der Waals surface area contributed by atoms with Crippen LogP contribution in [0.15, 0.2) is 42.7 Å². The van der Waals surface area contributed by atoms with Crippen molar-refractivity contribution in [2.75, 3.05) is 32.5 Å². The quantitative estimate of drug-likeness (QED) is 0.721. The normalized spacial score (nSPS) is 11.0. The molecular weight excluding hydrogens is 312 g/mol. The largest absolute Gasteiger partial charge is 0.354 e. The van der Waals surface area contributed by atoms with E-state index in [-0.39, 0.29) is 5.91 Å². The zero-order valence-electron chi connectivity index (χ0n) is 15.5. The number of rotatable bonds is 8. The Morgan fingerprint density at radius 2 is 1.96 bits per heavy atom. The molecule has 25 heavy (non-hydrogen) atoms. The van der Waals surface area contributed by atoms with Gasteiger partial charge < -0.3 is 15.5 Å². The molecule has 0 radical (unpaired) electrons. The van der Waals surface area contributed by atoms with Crippen LogP contribution in [0.3, 0.4) is 0 Å². The van der Waals surface area contributed by atoms with Gasteiger partial charge in [0.25, 0.3) is 5.91 Å². The number of aromatic nitrogens is 1. The molecule has 0 saturated carbocycles. The second-order valence-electron chi connectivity index (χ2n) is 6.74. The van der Waals surface area contributed by atoms with Gasteiger partial charge in [-0.2, -0.15) is 0 Å². The highest BCUT2D eigenvalue weighted by atomic mass is 16.1. The van der Waals surface area contributed by atoms with Crippen LogP contribution in [-0.4, -0.2) is 43.0 Å². The third-order valence-corrected chi connectivity index (χ3v) is 3.93. The molecule has 5 nitrogen and oxygen atoms in total. The lowest BCUT2D eigenvalue weighted by molar-refractivity contribution is 0.0952. The molecule has 0 spiro atoms. The Kier molecular flexibility index (Phi) is 6.95. The minimum atomic E-state index is -0.0907. The maximum absolute atomic E-state index is 12.3. The van der Waals surface area contributed by atoms with Crippen molar-refractivity contribution in [2.45, 2.75) is 26.2 Å². The monoisotopic (exact) mass is 340 g/mol. The number of carbonyl (C=O) groups is 1.